The van der Waals surface area contributed by atoms with Crippen LogP contribution in [-0.2, 0) is 6.42 Å². The normalized spacial score (nSPS) is 13.4. The van der Waals surface area contributed by atoms with Crippen LogP contribution in [0.2, 0.25) is 0 Å². The molecule has 0 bridgehead atoms. The lowest BCUT2D eigenvalue weighted by Crippen LogP contribution is -2.11. The van der Waals surface area contributed by atoms with Gasteiger partial charge in [-0.15, -0.1) is 0 Å². The van der Waals surface area contributed by atoms with Crippen molar-refractivity contribution in [3.63, 3.8) is 0 Å². The lowest BCUT2D eigenvalue weighted by Gasteiger charge is -2.09. The predicted octanol–water partition coefficient (Wildman–Crippen LogP) is 3.52. The third-order valence-corrected chi connectivity index (χ3v) is 3.05. The number of benzene rings is 1. The van der Waals surface area contributed by atoms with Gasteiger partial charge >= 0.3 is 0 Å². The Labute approximate surface area is 113 Å². The van der Waals surface area contributed by atoms with Gasteiger partial charge in [0.25, 0.3) is 0 Å². The zero-order valence-electron chi connectivity index (χ0n) is 12.1. The average Bonchev–Trinajstić information content (AvgIpc) is 2.35. The third kappa shape index (κ3) is 5.46. The highest BCUT2D eigenvalue weighted by atomic mass is 14.9. The molecule has 0 aliphatic heterocycles. The fourth-order valence-corrected chi connectivity index (χ4v) is 1.89. The fourth-order valence-electron chi connectivity index (χ4n) is 1.89. The molecule has 0 aliphatic rings. The van der Waals surface area contributed by atoms with Crippen molar-refractivity contribution in [3.8, 4) is 0 Å². The molecule has 18 heavy (non-hydrogen) atoms. The molecule has 1 aromatic rings. The third-order valence-electron chi connectivity index (χ3n) is 3.05. The smallest absolute Gasteiger partial charge is 0.0510 e. The molecule has 0 amide bonds. The molecule has 1 aromatic carbocycles. The number of nitrogens with one attached hydrogen (secondary N) is 1. The Morgan fingerprint density at radius 2 is 1.89 bits per heavy atom. The molecule has 0 heterocycles. The number of nitrogens with zero attached hydrogens (tertiary/aromatic N) is 1. The van der Waals surface area contributed by atoms with Gasteiger partial charge in [-0.25, -0.2) is 0 Å². The molecule has 2 nitrogen and oxygen atoms in total. The van der Waals surface area contributed by atoms with Crippen molar-refractivity contribution in [2.75, 3.05) is 20.1 Å². The molecule has 1 rings (SSSR count). The van der Waals surface area contributed by atoms with E-state index >= 15 is 0 Å². The minimum absolute atomic E-state index is 0. The molecule has 1 N–H and O–H groups in total. The first-order valence-corrected chi connectivity index (χ1v) is 6.87. The van der Waals surface area contributed by atoms with Crippen molar-refractivity contribution in [1.82, 2.24) is 5.32 Å². The van der Waals surface area contributed by atoms with Gasteiger partial charge in [0.2, 0.25) is 0 Å². The minimum atomic E-state index is 0. The molecule has 0 saturated carbocycles. The summed E-state index contributed by atoms with van der Waals surface area (Å²) in [5.41, 5.74) is 2.81. The molecule has 0 spiro atoms. The first kappa shape index (κ1) is 14.9. The zero-order valence-corrected chi connectivity index (χ0v) is 12.1. The zero-order chi connectivity index (χ0) is 13.4. The summed E-state index contributed by atoms with van der Waals surface area (Å²) < 4.78 is 0. The summed E-state index contributed by atoms with van der Waals surface area (Å²) in [6, 6.07) is 8.97. The largest absolute Gasteiger partial charge is 0.318 e. The molecule has 0 aliphatic carbocycles. The summed E-state index contributed by atoms with van der Waals surface area (Å²) in [6.07, 6.45) is 3.15. The topological polar surface area (TPSA) is 24.4 Å². The van der Waals surface area contributed by atoms with Crippen LogP contribution >= 0.6 is 0 Å². The summed E-state index contributed by atoms with van der Waals surface area (Å²) in [4.78, 5) is 4.42. The van der Waals surface area contributed by atoms with Crippen molar-refractivity contribution in [1.29, 1.82) is 0 Å². The summed E-state index contributed by atoms with van der Waals surface area (Å²) in [6.45, 7) is 8.50. The lowest BCUT2D eigenvalue weighted by atomic mass is 9.97. The maximum atomic E-state index is 4.42. The lowest BCUT2D eigenvalue weighted by molar-refractivity contribution is 0.761. The summed E-state index contributed by atoms with van der Waals surface area (Å²) in [7, 11) is 1.95. The van der Waals surface area contributed by atoms with E-state index in [1.54, 1.807) is 0 Å². The van der Waals surface area contributed by atoms with E-state index in [4.69, 9.17) is 0 Å². The quantitative estimate of drug-likeness (QED) is 0.579. The Morgan fingerprint density at radius 3 is 2.44 bits per heavy atom. The molecule has 1 atom stereocenters. The van der Waals surface area contributed by atoms with Gasteiger partial charge in [0.05, 0.1) is 6.54 Å². The number of aliphatic imine (C=N–C) groups is 1. The van der Waals surface area contributed by atoms with Crippen molar-refractivity contribution in [2.45, 2.75) is 33.1 Å². The van der Waals surface area contributed by atoms with Crippen LogP contribution < -0.4 is 5.32 Å². The van der Waals surface area contributed by atoms with E-state index in [1.807, 2.05) is 7.05 Å². The average molecular weight is 248 g/mol. The number of rotatable bonds is 7. The summed E-state index contributed by atoms with van der Waals surface area (Å²) in [5.74, 6) is 1.12. The van der Waals surface area contributed by atoms with Gasteiger partial charge in [-0.1, -0.05) is 45.0 Å². The van der Waals surface area contributed by atoms with E-state index in [1.165, 1.54) is 11.1 Å². The van der Waals surface area contributed by atoms with E-state index in [-0.39, 0.29) is 1.43 Å². The fraction of sp³-hybridized carbons (Fsp3) is 0.562. The Balaban J connectivity index is 0.00000324. The van der Waals surface area contributed by atoms with Gasteiger partial charge in [0, 0.05) is 14.2 Å². The van der Waals surface area contributed by atoms with Crippen LogP contribution in [0, 0.1) is 5.92 Å². The van der Waals surface area contributed by atoms with E-state index in [2.05, 4.69) is 61.6 Å². The van der Waals surface area contributed by atoms with Gasteiger partial charge in [-0.3, -0.25) is 4.99 Å². The highest BCUT2D eigenvalue weighted by Gasteiger charge is 2.02. The van der Waals surface area contributed by atoms with Crippen LogP contribution in [0.1, 0.15) is 39.2 Å². The number of likely N-dealkylation sites (N-methyl/N-ethyl adjacent to an activating group) is 1. The molecule has 102 valence electrons. The second-order valence-corrected chi connectivity index (χ2v) is 5.24. The highest BCUT2D eigenvalue weighted by molar-refractivity contribution is 5.60. The Morgan fingerprint density at radius 1 is 1.22 bits per heavy atom. The summed E-state index contributed by atoms with van der Waals surface area (Å²) in [5, 5.41) is 3.09. The van der Waals surface area contributed by atoms with Gasteiger partial charge in [-0.05, 0) is 36.4 Å². The van der Waals surface area contributed by atoms with Crippen molar-refractivity contribution in [2.24, 2.45) is 10.9 Å². The molecule has 0 aromatic heterocycles. The van der Waals surface area contributed by atoms with Crippen LogP contribution in [-0.4, -0.2) is 26.4 Å². The van der Waals surface area contributed by atoms with Gasteiger partial charge in [0.1, 0.15) is 0 Å². The predicted molar refractivity (Wildman–Crippen MR) is 82.8 cm³/mol. The standard InChI is InChI=1S/C16H26N2.H2/c1-13(2)16-7-5-15(6-8-16)11-14(3)12-18-10-9-17-4;/h5-8,12-14,17H,9-11H2,1-4H3;1H. The van der Waals surface area contributed by atoms with E-state index in [9.17, 15) is 0 Å². The molecular formula is C16H28N2. The molecule has 0 fully saturated rings. The summed E-state index contributed by atoms with van der Waals surface area (Å²) >= 11 is 0. The SMILES string of the molecule is CNCCN=CC(C)Cc1ccc(C(C)C)cc1.[HH]. The van der Waals surface area contributed by atoms with Crippen molar-refractivity contribution in [3.05, 3.63) is 35.4 Å². The second-order valence-electron chi connectivity index (χ2n) is 5.24. The van der Waals surface area contributed by atoms with E-state index in [0.717, 1.165) is 19.5 Å². The monoisotopic (exact) mass is 248 g/mol. The molecular weight excluding hydrogens is 220 g/mol. The van der Waals surface area contributed by atoms with Crippen LogP contribution in [0.5, 0.6) is 0 Å². The maximum absolute atomic E-state index is 4.42. The van der Waals surface area contributed by atoms with Crippen LogP contribution in [0.3, 0.4) is 0 Å². The Hall–Kier alpha value is -1.15. The maximum Gasteiger partial charge on any atom is 0.0510 e. The Kier molecular flexibility index (Phi) is 6.66. The number of hydrogen-bond acceptors (Lipinski definition) is 2. The molecule has 0 saturated heterocycles. The number of hydrogen-bond donors (Lipinski definition) is 1. The molecule has 1 unspecified atom stereocenters. The van der Waals surface area contributed by atoms with Crippen molar-refractivity contribution < 1.29 is 1.43 Å². The first-order valence-electron chi connectivity index (χ1n) is 6.87. The van der Waals surface area contributed by atoms with Gasteiger partial charge in [-0.2, -0.15) is 0 Å². The van der Waals surface area contributed by atoms with Crippen LogP contribution in [0.15, 0.2) is 29.3 Å². The Bertz CT molecular complexity index is 358. The van der Waals surface area contributed by atoms with E-state index < -0.39 is 0 Å². The highest BCUT2D eigenvalue weighted by Crippen LogP contribution is 2.16. The van der Waals surface area contributed by atoms with Crippen molar-refractivity contribution >= 4 is 6.21 Å². The minimum Gasteiger partial charge on any atom is -0.318 e. The first-order chi connectivity index (χ1) is 8.63. The molecule has 0 radical (unpaired) electrons. The van der Waals surface area contributed by atoms with Crippen LogP contribution in [0.25, 0.3) is 0 Å². The van der Waals surface area contributed by atoms with Gasteiger partial charge < -0.3 is 5.32 Å². The van der Waals surface area contributed by atoms with Gasteiger partial charge in [0.15, 0.2) is 0 Å². The second kappa shape index (κ2) is 8.04. The van der Waals surface area contributed by atoms with Crippen LogP contribution in [0.4, 0.5) is 0 Å². The molecule has 2 heteroatoms. The van der Waals surface area contributed by atoms with E-state index in [0.29, 0.717) is 11.8 Å².